The van der Waals surface area contributed by atoms with E-state index in [4.69, 9.17) is 5.11 Å². The van der Waals surface area contributed by atoms with Gasteiger partial charge in [-0.2, -0.15) is 0 Å². The van der Waals surface area contributed by atoms with Gasteiger partial charge in [-0.15, -0.1) is 0 Å². The van der Waals surface area contributed by atoms with Crippen LogP contribution >= 0.6 is 0 Å². The number of carbonyl (C=O) groups is 1. The molecule has 0 aliphatic carbocycles. The fraction of sp³-hybridized carbons (Fsp3) is 0.500. The summed E-state index contributed by atoms with van der Waals surface area (Å²) in [6, 6.07) is 0. The second kappa shape index (κ2) is 5.49. The van der Waals surface area contributed by atoms with Crippen LogP contribution in [0, 0.1) is 0 Å². The zero-order valence-corrected chi connectivity index (χ0v) is 11.7. The van der Waals surface area contributed by atoms with Crippen LogP contribution in [0.1, 0.15) is 24.3 Å². The lowest BCUT2D eigenvalue weighted by molar-refractivity contribution is 0.0690. The molecule has 1 rings (SSSR count). The minimum Gasteiger partial charge on any atom is -0.476 e. The maximum Gasteiger partial charge on any atom is 0.356 e. The molecule has 0 atom stereocenters. The van der Waals surface area contributed by atoms with Crippen LogP contribution in [0.15, 0.2) is 12.4 Å². The van der Waals surface area contributed by atoms with Crippen LogP contribution in [0.3, 0.4) is 0 Å². The highest BCUT2D eigenvalue weighted by atomic mass is 32.2. The SMILES string of the molecule is CC(C)(CNc1cncc(C(=O)O)n1)NS(C)(=O)=O. The molecule has 19 heavy (non-hydrogen) atoms. The first kappa shape index (κ1) is 15.3. The molecular formula is C10H16N4O4S. The average molecular weight is 288 g/mol. The van der Waals surface area contributed by atoms with Gasteiger partial charge in [-0.1, -0.05) is 0 Å². The molecule has 0 radical (unpaired) electrons. The Morgan fingerprint density at radius 1 is 1.42 bits per heavy atom. The predicted octanol–water partition coefficient (Wildman–Crippen LogP) is -0.0855. The molecule has 9 heteroatoms. The molecule has 1 heterocycles. The van der Waals surface area contributed by atoms with Crippen LogP contribution in [0.25, 0.3) is 0 Å². The molecule has 0 aliphatic heterocycles. The van der Waals surface area contributed by atoms with Crippen molar-refractivity contribution < 1.29 is 18.3 Å². The lowest BCUT2D eigenvalue weighted by Gasteiger charge is -2.25. The molecular weight excluding hydrogens is 272 g/mol. The summed E-state index contributed by atoms with van der Waals surface area (Å²) in [5.74, 6) is -0.909. The molecule has 1 aromatic rings. The maximum absolute atomic E-state index is 11.2. The van der Waals surface area contributed by atoms with Crippen molar-refractivity contribution in [3.8, 4) is 0 Å². The van der Waals surface area contributed by atoms with Crippen molar-refractivity contribution in [2.24, 2.45) is 0 Å². The van der Waals surface area contributed by atoms with E-state index in [0.29, 0.717) is 0 Å². The Hall–Kier alpha value is -1.74. The number of aromatic nitrogens is 2. The lowest BCUT2D eigenvalue weighted by atomic mass is 10.1. The van der Waals surface area contributed by atoms with E-state index in [2.05, 4.69) is 20.0 Å². The predicted molar refractivity (Wildman–Crippen MR) is 69.5 cm³/mol. The van der Waals surface area contributed by atoms with Gasteiger partial charge in [-0.05, 0) is 13.8 Å². The van der Waals surface area contributed by atoms with Gasteiger partial charge in [0.25, 0.3) is 0 Å². The number of nitrogens with zero attached hydrogens (tertiary/aromatic N) is 2. The summed E-state index contributed by atoms with van der Waals surface area (Å²) in [6.07, 6.45) is 3.57. The molecule has 0 saturated carbocycles. The van der Waals surface area contributed by atoms with Crippen molar-refractivity contribution >= 4 is 21.8 Å². The highest BCUT2D eigenvalue weighted by molar-refractivity contribution is 7.88. The Morgan fingerprint density at radius 2 is 2.05 bits per heavy atom. The van der Waals surface area contributed by atoms with Gasteiger partial charge in [-0.25, -0.2) is 22.9 Å². The summed E-state index contributed by atoms with van der Waals surface area (Å²) in [6.45, 7) is 3.61. The molecule has 0 aliphatic rings. The van der Waals surface area contributed by atoms with E-state index >= 15 is 0 Å². The monoisotopic (exact) mass is 288 g/mol. The number of hydrogen-bond donors (Lipinski definition) is 3. The standard InChI is InChI=1S/C10H16N4O4S/c1-10(2,14-19(3,17)18)6-12-8-5-11-4-7(13-8)9(15)16/h4-5,14H,6H2,1-3H3,(H,12,13)(H,15,16). The molecule has 3 N–H and O–H groups in total. The van der Waals surface area contributed by atoms with Crippen LogP contribution in [-0.4, -0.2) is 47.8 Å². The first-order valence-corrected chi connectivity index (χ1v) is 7.26. The smallest absolute Gasteiger partial charge is 0.356 e. The summed E-state index contributed by atoms with van der Waals surface area (Å²) in [7, 11) is -3.33. The highest BCUT2D eigenvalue weighted by Crippen LogP contribution is 2.07. The topological polar surface area (TPSA) is 121 Å². The van der Waals surface area contributed by atoms with Crippen LogP contribution in [0.4, 0.5) is 5.82 Å². The Bertz CT molecular complexity index is 571. The fourth-order valence-corrected chi connectivity index (χ4v) is 2.48. The molecule has 8 nitrogen and oxygen atoms in total. The number of anilines is 1. The number of aromatic carboxylic acids is 1. The van der Waals surface area contributed by atoms with Gasteiger partial charge in [0, 0.05) is 12.1 Å². The lowest BCUT2D eigenvalue weighted by Crippen LogP contribution is -2.47. The summed E-state index contributed by atoms with van der Waals surface area (Å²) < 4.78 is 24.8. The molecule has 0 fully saturated rings. The number of hydrogen-bond acceptors (Lipinski definition) is 6. The van der Waals surface area contributed by atoms with E-state index in [9.17, 15) is 13.2 Å². The van der Waals surface area contributed by atoms with E-state index in [1.54, 1.807) is 13.8 Å². The normalized spacial score (nSPS) is 12.2. The van der Waals surface area contributed by atoms with Crippen molar-refractivity contribution in [2.75, 3.05) is 18.1 Å². The third kappa shape index (κ3) is 5.62. The second-order valence-electron chi connectivity index (χ2n) is 4.71. The van der Waals surface area contributed by atoms with Gasteiger partial charge in [0.15, 0.2) is 5.69 Å². The molecule has 0 amide bonds. The molecule has 0 spiro atoms. The van der Waals surface area contributed by atoms with Gasteiger partial charge >= 0.3 is 5.97 Å². The van der Waals surface area contributed by atoms with Gasteiger partial charge in [-0.3, -0.25) is 4.98 Å². The first-order valence-electron chi connectivity index (χ1n) is 5.37. The number of carboxylic acids is 1. The van der Waals surface area contributed by atoms with Crippen molar-refractivity contribution in [2.45, 2.75) is 19.4 Å². The first-order chi connectivity index (χ1) is 8.59. The van der Waals surface area contributed by atoms with Crippen LogP contribution < -0.4 is 10.0 Å². The minimum absolute atomic E-state index is 0.182. The Morgan fingerprint density at radius 3 is 2.58 bits per heavy atom. The number of sulfonamides is 1. The van der Waals surface area contributed by atoms with Crippen molar-refractivity contribution in [1.82, 2.24) is 14.7 Å². The third-order valence-electron chi connectivity index (χ3n) is 2.03. The van der Waals surface area contributed by atoms with Crippen molar-refractivity contribution in [3.05, 3.63) is 18.1 Å². The van der Waals surface area contributed by atoms with Crippen molar-refractivity contribution in [1.29, 1.82) is 0 Å². The zero-order chi connectivity index (χ0) is 14.7. The van der Waals surface area contributed by atoms with E-state index in [1.165, 1.54) is 6.20 Å². The van der Waals surface area contributed by atoms with E-state index in [1.807, 2.05) is 0 Å². The minimum atomic E-state index is -3.33. The number of nitrogens with one attached hydrogen (secondary N) is 2. The maximum atomic E-state index is 11.2. The highest BCUT2D eigenvalue weighted by Gasteiger charge is 2.22. The van der Waals surface area contributed by atoms with E-state index in [-0.39, 0.29) is 18.1 Å². The molecule has 0 saturated heterocycles. The Labute approximate surface area is 111 Å². The van der Waals surface area contributed by atoms with Crippen LogP contribution in [0.2, 0.25) is 0 Å². The van der Waals surface area contributed by atoms with Gasteiger partial charge in [0.1, 0.15) is 5.82 Å². The molecule has 0 bridgehead atoms. The molecule has 0 aromatic carbocycles. The van der Waals surface area contributed by atoms with Crippen LogP contribution in [-0.2, 0) is 10.0 Å². The largest absolute Gasteiger partial charge is 0.476 e. The summed E-state index contributed by atoms with van der Waals surface area (Å²) in [5.41, 5.74) is -0.923. The summed E-state index contributed by atoms with van der Waals surface area (Å²) in [5, 5.41) is 11.6. The van der Waals surface area contributed by atoms with Gasteiger partial charge < -0.3 is 10.4 Å². The zero-order valence-electron chi connectivity index (χ0n) is 10.8. The fourth-order valence-electron chi connectivity index (χ4n) is 1.40. The number of rotatable bonds is 6. The van der Waals surface area contributed by atoms with Crippen LogP contribution in [0.5, 0.6) is 0 Å². The molecule has 1 aromatic heterocycles. The quantitative estimate of drug-likeness (QED) is 0.669. The summed E-state index contributed by atoms with van der Waals surface area (Å²) in [4.78, 5) is 18.3. The molecule has 106 valence electrons. The second-order valence-corrected chi connectivity index (χ2v) is 6.45. The molecule has 0 unspecified atom stereocenters. The van der Waals surface area contributed by atoms with Gasteiger partial charge in [0.2, 0.25) is 10.0 Å². The third-order valence-corrected chi connectivity index (χ3v) is 2.95. The number of carboxylic acid groups (broad SMARTS) is 1. The Kier molecular flexibility index (Phi) is 4.43. The average Bonchev–Trinajstić information content (AvgIpc) is 2.24. The van der Waals surface area contributed by atoms with Crippen molar-refractivity contribution in [3.63, 3.8) is 0 Å². The van der Waals surface area contributed by atoms with E-state index in [0.717, 1.165) is 12.5 Å². The summed E-state index contributed by atoms with van der Waals surface area (Å²) >= 11 is 0. The van der Waals surface area contributed by atoms with E-state index < -0.39 is 21.5 Å². The van der Waals surface area contributed by atoms with Gasteiger partial charge in [0.05, 0.1) is 18.6 Å². The Balaban J connectivity index is 2.71.